The van der Waals surface area contributed by atoms with Gasteiger partial charge in [0.2, 0.25) is 6.79 Å². The van der Waals surface area contributed by atoms with Crippen LogP contribution in [-0.4, -0.2) is 77.8 Å². The Hall–Kier alpha value is -3.54. The minimum Gasteiger partial charge on any atom is -0.504 e. The zero-order valence-corrected chi connectivity index (χ0v) is 24.9. The lowest BCUT2D eigenvalue weighted by Crippen LogP contribution is -2.68. The summed E-state index contributed by atoms with van der Waals surface area (Å²) in [6.45, 7) is 6.92. The standard InChI is InChI=1S/C31H38N2O9/c1-7-8-22(35)39-12-21-24-18(28(42-16(4)34)15(3)29-30(24)41-13-40-29)11-19-25-23-17(9-14(2)27(38-6)26(23)36)10-20(32(25)5)31(37)33(19)21/h9,19-21,25,31,36-37H,7-8,10-13H2,1-6H3/t19?,20-,21-,25-,31-/m0/s1. The average Bonchev–Trinajstić information content (AvgIpc) is 3.43. The van der Waals surface area contributed by atoms with E-state index in [1.165, 1.54) is 14.0 Å². The fourth-order valence-electron chi connectivity index (χ4n) is 7.53. The first-order chi connectivity index (χ1) is 20.1. The van der Waals surface area contributed by atoms with Crippen molar-refractivity contribution >= 4 is 11.9 Å². The maximum absolute atomic E-state index is 12.6. The number of phenolic OH excluding ortho intramolecular Hbond substituents is 1. The molecule has 1 fully saturated rings. The number of likely N-dealkylation sites (N-methyl/N-ethyl adjacent to an activating group) is 1. The van der Waals surface area contributed by atoms with E-state index in [4.69, 9.17) is 23.7 Å². The zero-order valence-electron chi connectivity index (χ0n) is 24.9. The van der Waals surface area contributed by atoms with Gasteiger partial charge < -0.3 is 33.9 Å². The van der Waals surface area contributed by atoms with Crippen molar-refractivity contribution in [2.24, 2.45) is 0 Å². The molecule has 4 heterocycles. The number of phenols is 1. The van der Waals surface area contributed by atoms with E-state index in [1.807, 2.05) is 38.8 Å². The Labute approximate surface area is 244 Å². The summed E-state index contributed by atoms with van der Waals surface area (Å²) < 4.78 is 29.0. The van der Waals surface area contributed by atoms with Crippen LogP contribution in [0.2, 0.25) is 0 Å². The van der Waals surface area contributed by atoms with E-state index < -0.39 is 24.3 Å². The van der Waals surface area contributed by atoms with Gasteiger partial charge in [-0.2, -0.15) is 0 Å². The Balaban J connectivity index is 1.57. The number of nitrogens with zero attached hydrogens (tertiary/aromatic N) is 2. The second kappa shape index (κ2) is 10.6. The smallest absolute Gasteiger partial charge is 0.308 e. The van der Waals surface area contributed by atoms with Crippen molar-refractivity contribution < 1.29 is 43.5 Å². The average molecular weight is 583 g/mol. The van der Waals surface area contributed by atoms with Gasteiger partial charge in [0.05, 0.1) is 25.2 Å². The summed E-state index contributed by atoms with van der Waals surface area (Å²) in [6, 6.07) is 0.348. The molecule has 2 aromatic rings. The molecule has 42 heavy (non-hydrogen) atoms. The second-order valence-electron chi connectivity index (χ2n) is 11.6. The Kier molecular flexibility index (Phi) is 7.23. The van der Waals surface area contributed by atoms with Crippen molar-refractivity contribution in [3.05, 3.63) is 39.4 Å². The third-order valence-corrected chi connectivity index (χ3v) is 9.20. The number of hydrogen-bond donors (Lipinski definition) is 2. The van der Waals surface area contributed by atoms with Crippen LogP contribution < -0.4 is 18.9 Å². The van der Waals surface area contributed by atoms with E-state index in [1.54, 1.807) is 0 Å². The molecule has 0 spiro atoms. The first kappa shape index (κ1) is 28.6. The number of carbonyl (C=O) groups excluding carboxylic acids is 2. The molecule has 11 heteroatoms. The van der Waals surface area contributed by atoms with Crippen LogP contribution in [0.25, 0.3) is 0 Å². The summed E-state index contributed by atoms with van der Waals surface area (Å²) in [7, 11) is 3.49. The summed E-state index contributed by atoms with van der Waals surface area (Å²) in [5, 5.41) is 23.6. The predicted octanol–water partition coefficient (Wildman–Crippen LogP) is 3.21. The van der Waals surface area contributed by atoms with Crippen molar-refractivity contribution in [2.75, 3.05) is 27.6 Å². The Morgan fingerprint density at radius 1 is 1.10 bits per heavy atom. The molecule has 5 atom stereocenters. The number of aryl methyl sites for hydroxylation is 1. The van der Waals surface area contributed by atoms with E-state index in [-0.39, 0.29) is 43.6 Å². The van der Waals surface area contributed by atoms with Crippen LogP contribution in [0.4, 0.5) is 0 Å². The fourth-order valence-corrected chi connectivity index (χ4v) is 7.53. The third kappa shape index (κ3) is 4.20. The lowest BCUT2D eigenvalue weighted by molar-refractivity contribution is -0.183. The van der Waals surface area contributed by atoms with Crippen LogP contribution >= 0.6 is 0 Å². The molecule has 1 saturated heterocycles. The summed E-state index contributed by atoms with van der Waals surface area (Å²) in [4.78, 5) is 29.0. The highest BCUT2D eigenvalue weighted by Gasteiger charge is 2.56. The van der Waals surface area contributed by atoms with Gasteiger partial charge >= 0.3 is 11.9 Å². The number of esters is 2. The largest absolute Gasteiger partial charge is 0.504 e. The van der Waals surface area contributed by atoms with Crippen molar-refractivity contribution in [3.8, 4) is 28.7 Å². The normalized spacial score (nSPS) is 25.7. The lowest BCUT2D eigenvalue weighted by Gasteiger charge is -2.60. The Morgan fingerprint density at radius 2 is 1.83 bits per heavy atom. The van der Waals surface area contributed by atoms with Gasteiger partial charge in [-0.15, -0.1) is 0 Å². The maximum atomic E-state index is 12.6. The number of benzene rings is 2. The fraction of sp³-hybridized carbons (Fsp3) is 0.548. The molecule has 226 valence electrons. The number of aliphatic hydroxyl groups excluding tert-OH is 1. The van der Waals surface area contributed by atoms with Crippen LogP contribution in [0.15, 0.2) is 6.07 Å². The van der Waals surface area contributed by atoms with Gasteiger partial charge in [0.25, 0.3) is 0 Å². The number of aliphatic hydroxyl groups is 1. The number of hydrogen-bond acceptors (Lipinski definition) is 11. The molecule has 4 aliphatic rings. The van der Waals surface area contributed by atoms with Crippen LogP contribution in [-0.2, 0) is 27.2 Å². The van der Waals surface area contributed by atoms with Gasteiger partial charge in [0, 0.05) is 41.6 Å². The lowest BCUT2D eigenvalue weighted by atomic mass is 9.73. The van der Waals surface area contributed by atoms with Gasteiger partial charge in [0.1, 0.15) is 18.6 Å². The minimum atomic E-state index is -0.937. The minimum absolute atomic E-state index is 0.00512. The molecule has 2 N–H and O–H groups in total. The first-order valence-corrected chi connectivity index (χ1v) is 14.4. The third-order valence-electron chi connectivity index (χ3n) is 9.20. The number of rotatable bonds is 6. The number of aromatic hydroxyl groups is 1. The predicted molar refractivity (Wildman–Crippen MR) is 150 cm³/mol. The monoisotopic (exact) mass is 582 g/mol. The number of ether oxygens (including phenoxy) is 5. The molecule has 0 amide bonds. The van der Waals surface area contributed by atoms with E-state index in [9.17, 15) is 19.8 Å². The highest BCUT2D eigenvalue weighted by molar-refractivity contribution is 5.74. The van der Waals surface area contributed by atoms with E-state index >= 15 is 0 Å². The van der Waals surface area contributed by atoms with Gasteiger partial charge in [0.15, 0.2) is 23.0 Å². The van der Waals surface area contributed by atoms with Crippen molar-refractivity contribution in [3.63, 3.8) is 0 Å². The topological polar surface area (TPSA) is 127 Å². The Morgan fingerprint density at radius 3 is 2.52 bits per heavy atom. The number of fused-ring (bicyclic) bond motifs is 9. The van der Waals surface area contributed by atoms with Gasteiger partial charge in [-0.3, -0.25) is 19.4 Å². The quantitative estimate of drug-likeness (QED) is 0.385. The van der Waals surface area contributed by atoms with Gasteiger partial charge in [-0.25, -0.2) is 0 Å². The molecule has 0 aliphatic carbocycles. The summed E-state index contributed by atoms with van der Waals surface area (Å²) in [5.74, 6) is 1.04. The molecule has 0 aromatic heterocycles. The molecule has 0 radical (unpaired) electrons. The molecule has 11 nitrogen and oxygen atoms in total. The van der Waals surface area contributed by atoms with E-state index in [0.717, 1.165) is 22.3 Å². The van der Waals surface area contributed by atoms with Gasteiger partial charge in [-0.1, -0.05) is 13.0 Å². The first-order valence-electron chi connectivity index (χ1n) is 14.4. The summed E-state index contributed by atoms with van der Waals surface area (Å²) in [5.41, 5.74) is 4.56. The van der Waals surface area contributed by atoms with Crippen molar-refractivity contribution in [2.45, 2.75) is 83.8 Å². The molecular formula is C31H38N2O9. The van der Waals surface area contributed by atoms with Crippen LogP contribution in [0.1, 0.15) is 72.2 Å². The maximum Gasteiger partial charge on any atom is 0.308 e. The molecule has 4 aliphatic heterocycles. The van der Waals surface area contributed by atoms with Gasteiger partial charge in [-0.05, 0) is 51.3 Å². The molecule has 2 aromatic carbocycles. The van der Waals surface area contributed by atoms with Crippen molar-refractivity contribution in [1.82, 2.24) is 9.80 Å². The van der Waals surface area contributed by atoms with Crippen LogP contribution in [0.3, 0.4) is 0 Å². The van der Waals surface area contributed by atoms with Crippen molar-refractivity contribution in [1.29, 1.82) is 0 Å². The second-order valence-corrected chi connectivity index (χ2v) is 11.6. The van der Waals surface area contributed by atoms with E-state index in [0.29, 0.717) is 53.4 Å². The zero-order chi connectivity index (χ0) is 30.0. The van der Waals surface area contributed by atoms with Crippen LogP contribution in [0.5, 0.6) is 28.7 Å². The molecule has 0 saturated carbocycles. The van der Waals surface area contributed by atoms with Crippen LogP contribution in [0, 0.1) is 13.8 Å². The number of methoxy groups -OCH3 is 1. The Bertz CT molecular complexity index is 1460. The van der Waals surface area contributed by atoms with E-state index in [2.05, 4.69) is 4.90 Å². The number of piperazine rings is 1. The highest BCUT2D eigenvalue weighted by atomic mass is 16.7. The molecular weight excluding hydrogens is 544 g/mol. The molecule has 1 unspecified atom stereocenters. The molecule has 6 rings (SSSR count). The SMILES string of the molecule is CCCC(=O)OC[C@H]1c2c(c(OC(C)=O)c(C)c3c2OCO3)CC2[C@H]3c4c(cc(C)c(OC)c4O)C[C@@H]([C@H](O)N21)N3C. The summed E-state index contributed by atoms with van der Waals surface area (Å²) in [6.07, 6.45) is 0.842. The summed E-state index contributed by atoms with van der Waals surface area (Å²) >= 11 is 0. The number of carbonyl (C=O) groups is 2. The molecule has 2 bridgehead atoms. The highest BCUT2D eigenvalue weighted by Crippen LogP contribution is 2.58.